The number of aromatic nitrogens is 2. The number of para-hydroxylation sites is 1. The number of fused-ring (bicyclic) bond motifs is 1. The Bertz CT molecular complexity index is 912. The second-order valence-corrected chi connectivity index (χ2v) is 8.45. The molecule has 3 heterocycles. The lowest BCUT2D eigenvalue weighted by molar-refractivity contribution is -0.134. The van der Waals surface area contributed by atoms with Crippen molar-refractivity contribution in [1.82, 2.24) is 24.8 Å². The summed E-state index contributed by atoms with van der Waals surface area (Å²) in [5.74, 6) is 1.01. The van der Waals surface area contributed by atoms with E-state index in [1.807, 2.05) is 48.0 Å². The molecule has 0 radical (unpaired) electrons. The summed E-state index contributed by atoms with van der Waals surface area (Å²) < 4.78 is 6.32. The number of thiazole rings is 1. The number of piperazine rings is 1. The first kappa shape index (κ1) is 19.0. The zero-order valence-electron chi connectivity index (χ0n) is 16.3. The SMILES string of the molecule is Cc1cc(CN2CCN(C(=O)CN(C)Cc3nc4ccccc4s3)CC2)no1. The molecule has 1 amide bonds. The molecule has 1 aliphatic rings. The maximum Gasteiger partial charge on any atom is 0.236 e. The molecule has 0 N–H and O–H groups in total. The average molecular weight is 400 g/mol. The fourth-order valence-electron chi connectivity index (χ4n) is 3.48. The van der Waals surface area contributed by atoms with Gasteiger partial charge in [-0.15, -0.1) is 11.3 Å². The van der Waals surface area contributed by atoms with Crippen molar-refractivity contribution >= 4 is 27.5 Å². The van der Waals surface area contributed by atoms with Gasteiger partial charge in [-0.2, -0.15) is 0 Å². The lowest BCUT2D eigenvalue weighted by Crippen LogP contribution is -2.50. The van der Waals surface area contributed by atoms with Crippen LogP contribution in [0, 0.1) is 6.92 Å². The number of aryl methyl sites for hydroxylation is 1. The van der Waals surface area contributed by atoms with E-state index in [9.17, 15) is 4.79 Å². The second kappa shape index (κ2) is 8.38. The number of hydrogen-bond acceptors (Lipinski definition) is 7. The fraction of sp³-hybridized carbons (Fsp3) is 0.450. The Morgan fingerprint density at radius 2 is 2.04 bits per heavy atom. The van der Waals surface area contributed by atoms with E-state index in [-0.39, 0.29) is 5.91 Å². The van der Waals surface area contributed by atoms with Crippen molar-refractivity contribution in [2.75, 3.05) is 39.8 Å². The van der Waals surface area contributed by atoms with Gasteiger partial charge in [-0.1, -0.05) is 17.3 Å². The molecule has 0 aliphatic carbocycles. The summed E-state index contributed by atoms with van der Waals surface area (Å²) in [6.45, 7) is 7.01. The van der Waals surface area contributed by atoms with Crippen molar-refractivity contribution in [3.05, 3.63) is 46.8 Å². The van der Waals surface area contributed by atoms with Gasteiger partial charge in [-0.3, -0.25) is 14.6 Å². The van der Waals surface area contributed by atoms with Crippen LogP contribution < -0.4 is 0 Å². The molecule has 8 heteroatoms. The minimum atomic E-state index is 0.181. The Morgan fingerprint density at radius 1 is 1.25 bits per heavy atom. The van der Waals surface area contributed by atoms with Gasteiger partial charge < -0.3 is 9.42 Å². The highest BCUT2D eigenvalue weighted by Crippen LogP contribution is 2.22. The maximum atomic E-state index is 12.7. The highest BCUT2D eigenvalue weighted by Gasteiger charge is 2.22. The number of carbonyl (C=O) groups excluding carboxylic acids is 1. The van der Waals surface area contributed by atoms with Gasteiger partial charge in [-0.25, -0.2) is 4.98 Å². The predicted molar refractivity (Wildman–Crippen MR) is 109 cm³/mol. The summed E-state index contributed by atoms with van der Waals surface area (Å²) in [5.41, 5.74) is 1.98. The lowest BCUT2D eigenvalue weighted by atomic mass is 10.2. The maximum absolute atomic E-state index is 12.7. The highest BCUT2D eigenvalue weighted by molar-refractivity contribution is 7.18. The summed E-state index contributed by atoms with van der Waals surface area (Å²) in [6, 6.07) is 10.1. The van der Waals surface area contributed by atoms with E-state index < -0.39 is 0 Å². The lowest BCUT2D eigenvalue weighted by Gasteiger charge is -2.35. The molecule has 3 aromatic rings. The summed E-state index contributed by atoms with van der Waals surface area (Å²) in [6.07, 6.45) is 0. The zero-order valence-corrected chi connectivity index (χ0v) is 17.1. The standard InChI is InChI=1S/C20H25N5O2S/c1-15-11-16(22-27-15)12-24-7-9-25(10-8-24)20(26)14-23(2)13-19-21-17-5-3-4-6-18(17)28-19/h3-6,11H,7-10,12-14H2,1-2H3. The molecule has 28 heavy (non-hydrogen) atoms. The minimum Gasteiger partial charge on any atom is -0.361 e. The van der Waals surface area contributed by atoms with Crippen LogP contribution in [0.4, 0.5) is 0 Å². The molecule has 1 aliphatic heterocycles. The first-order valence-corrected chi connectivity index (χ1v) is 10.3. The van der Waals surface area contributed by atoms with Gasteiger partial charge in [0, 0.05) is 38.8 Å². The molecule has 0 atom stereocenters. The van der Waals surface area contributed by atoms with E-state index in [2.05, 4.69) is 21.1 Å². The van der Waals surface area contributed by atoms with Crippen molar-refractivity contribution in [1.29, 1.82) is 0 Å². The van der Waals surface area contributed by atoms with Crippen molar-refractivity contribution < 1.29 is 9.32 Å². The molecule has 1 aromatic carbocycles. The highest BCUT2D eigenvalue weighted by atomic mass is 32.1. The summed E-state index contributed by atoms with van der Waals surface area (Å²) >= 11 is 1.69. The van der Waals surface area contributed by atoms with Gasteiger partial charge in [0.1, 0.15) is 10.8 Å². The number of nitrogens with zero attached hydrogens (tertiary/aromatic N) is 5. The number of carbonyl (C=O) groups is 1. The predicted octanol–water partition coefficient (Wildman–Crippen LogP) is 2.37. The van der Waals surface area contributed by atoms with E-state index in [1.54, 1.807) is 11.3 Å². The Hall–Kier alpha value is -2.29. The van der Waals surface area contributed by atoms with Gasteiger partial charge >= 0.3 is 0 Å². The Labute approximate surface area is 168 Å². The summed E-state index contributed by atoms with van der Waals surface area (Å²) in [5, 5.41) is 5.10. The monoisotopic (exact) mass is 399 g/mol. The normalized spacial score (nSPS) is 15.6. The van der Waals surface area contributed by atoms with E-state index in [1.165, 1.54) is 4.70 Å². The minimum absolute atomic E-state index is 0.181. The van der Waals surface area contributed by atoms with Crippen LogP contribution in [0.15, 0.2) is 34.9 Å². The van der Waals surface area contributed by atoms with Crippen LogP contribution >= 0.6 is 11.3 Å². The largest absolute Gasteiger partial charge is 0.361 e. The molecule has 0 spiro atoms. The topological polar surface area (TPSA) is 65.7 Å². The van der Waals surface area contributed by atoms with Crippen molar-refractivity contribution in [3.63, 3.8) is 0 Å². The molecule has 148 valence electrons. The van der Waals surface area contributed by atoms with Crippen LogP contribution in [0.3, 0.4) is 0 Å². The first-order valence-electron chi connectivity index (χ1n) is 9.52. The third kappa shape index (κ3) is 4.57. The van der Waals surface area contributed by atoms with Crippen LogP contribution in [0.2, 0.25) is 0 Å². The molecule has 1 saturated heterocycles. The third-order valence-corrected chi connectivity index (χ3v) is 5.96. The molecule has 1 fully saturated rings. The van der Waals surface area contributed by atoms with Crippen LogP contribution in [0.25, 0.3) is 10.2 Å². The molecule has 0 saturated carbocycles. The fourth-order valence-corrected chi connectivity index (χ4v) is 4.53. The van der Waals surface area contributed by atoms with E-state index in [0.717, 1.165) is 54.7 Å². The number of rotatable bonds is 6. The van der Waals surface area contributed by atoms with Crippen LogP contribution in [0.1, 0.15) is 16.5 Å². The number of hydrogen-bond donors (Lipinski definition) is 0. The summed E-state index contributed by atoms with van der Waals surface area (Å²) in [4.78, 5) is 23.6. The Balaban J connectivity index is 1.24. The van der Waals surface area contributed by atoms with Crippen molar-refractivity contribution in [3.8, 4) is 0 Å². The van der Waals surface area contributed by atoms with Crippen LogP contribution in [-0.4, -0.2) is 70.5 Å². The Kier molecular flexibility index (Phi) is 5.70. The van der Waals surface area contributed by atoms with Gasteiger partial charge in [0.05, 0.1) is 29.0 Å². The number of likely N-dealkylation sites (N-methyl/N-ethyl adjacent to an activating group) is 1. The average Bonchev–Trinajstić information content (AvgIpc) is 3.27. The van der Waals surface area contributed by atoms with Gasteiger partial charge in [0.25, 0.3) is 0 Å². The second-order valence-electron chi connectivity index (χ2n) is 7.33. The van der Waals surface area contributed by atoms with E-state index in [4.69, 9.17) is 4.52 Å². The van der Waals surface area contributed by atoms with E-state index in [0.29, 0.717) is 13.1 Å². The quantitative estimate of drug-likeness (QED) is 0.634. The number of benzene rings is 1. The molecular formula is C20H25N5O2S. The first-order chi connectivity index (χ1) is 13.6. The van der Waals surface area contributed by atoms with Crippen LogP contribution in [0.5, 0.6) is 0 Å². The van der Waals surface area contributed by atoms with Crippen molar-refractivity contribution in [2.45, 2.75) is 20.0 Å². The number of amides is 1. The molecule has 0 bridgehead atoms. The summed E-state index contributed by atoms with van der Waals surface area (Å²) in [7, 11) is 1.98. The van der Waals surface area contributed by atoms with Gasteiger partial charge in [0.15, 0.2) is 0 Å². The Morgan fingerprint density at radius 3 is 2.75 bits per heavy atom. The van der Waals surface area contributed by atoms with Crippen LogP contribution in [-0.2, 0) is 17.9 Å². The third-order valence-electron chi connectivity index (χ3n) is 4.94. The molecular weight excluding hydrogens is 374 g/mol. The smallest absolute Gasteiger partial charge is 0.236 e. The molecule has 7 nitrogen and oxygen atoms in total. The molecule has 2 aromatic heterocycles. The van der Waals surface area contributed by atoms with E-state index >= 15 is 0 Å². The zero-order chi connectivity index (χ0) is 19.5. The molecule has 0 unspecified atom stereocenters. The molecule has 4 rings (SSSR count). The van der Waals surface area contributed by atoms with Crippen molar-refractivity contribution in [2.24, 2.45) is 0 Å². The van der Waals surface area contributed by atoms with Gasteiger partial charge in [0.2, 0.25) is 5.91 Å². The van der Waals surface area contributed by atoms with Gasteiger partial charge in [-0.05, 0) is 26.1 Å².